The standard InChI is InChI=1S/C23H26N4O3/c1-18-15-19(25-30-18)16-26-11-13-27(14-12-26)17-23(28)24-21-9-5-6-10-22(21)29-20-7-3-2-4-8-20/h2-10,15H,11-14,16-17H2,1H3,(H,24,28). The Hall–Kier alpha value is -3.16. The van der Waals surface area contributed by atoms with Crippen molar-refractivity contribution in [3.63, 3.8) is 0 Å². The third kappa shape index (κ3) is 5.46. The fraction of sp³-hybridized carbons (Fsp3) is 0.304. The number of benzene rings is 2. The van der Waals surface area contributed by atoms with Gasteiger partial charge in [0.15, 0.2) is 5.75 Å². The summed E-state index contributed by atoms with van der Waals surface area (Å²) in [6.45, 7) is 6.51. The molecule has 30 heavy (non-hydrogen) atoms. The molecule has 1 aromatic heterocycles. The van der Waals surface area contributed by atoms with Crippen molar-refractivity contribution in [2.75, 3.05) is 38.0 Å². The lowest BCUT2D eigenvalue weighted by atomic mass is 10.2. The quantitative estimate of drug-likeness (QED) is 0.647. The maximum Gasteiger partial charge on any atom is 0.238 e. The predicted octanol–water partition coefficient (Wildman–Crippen LogP) is 3.53. The summed E-state index contributed by atoms with van der Waals surface area (Å²) in [6.07, 6.45) is 0. The van der Waals surface area contributed by atoms with E-state index in [1.165, 1.54) is 0 Å². The highest BCUT2D eigenvalue weighted by Gasteiger charge is 2.20. The molecule has 7 heteroatoms. The Kier molecular flexibility index (Phi) is 6.41. The fourth-order valence-electron chi connectivity index (χ4n) is 3.49. The summed E-state index contributed by atoms with van der Waals surface area (Å²) >= 11 is 0. The molecule has 2 heterocycles. The van der Waals surface area contributed by atoms with Gasteiger partial charge in [-0.05, 0) is 31.2 Å². The number of rotatable bonds is 7. The molecule has 2 aromatic carbocycles. The van der Waals surface area contributed by atoms with E-state index in [0.717, 1.165) is 49.9 Å². The van der Waals surface area contributed by atoms with Gasteiger partial charge in [0.1, 0.15) is 11.5 Å². The highest BCUT2D eigenvalue weighted by atomic mass is 16.5. The molecule has 3 aromatic rings. The predicted molar refractivity (Wildman–Crippen MR) is 115 cm³/mol. The number of hydrogen-bond donors (Lipinski definition) is 1. The van der Waals surface area contributed by atoms with Crippen molar-refractivity contribution in [1.82, 2.24) is 15.0 Å². The average molecular weight is 406 g/mol. The van der Waals surface area contributed by atoms with Crippen LogP contribution in [0.15, 0.2) is 65.2 Å². The lowest BCUT2D eigenvalue weighted by Crippen LogP contribution is -2.48. The van der Waals surface area contributed by atoms with Gasteiger partial charge in [-0.15, -0.1) is 0 Å². The van der Waals surface area contributed by atoms with Gasteiger partial charge in [0.05, 0.1) is 17.9 Å². The Labute approximate surface area is 176 Å². The molecule has 1 N–H and O–H groups in total. The minimum atomic E-state index is -0.0420. The number of aromatic nitrogens is 1. The van der Waals surface area contributed by atoms with Crippen LogP contribution in [0.1, 0.15) is 11.5 Å². The van der Waals surface area contributed by atoms with Crippen LogP contribution in [0.2, 0.25) is 0 Å². The highest BCUT2D eigenvalue weighted by Crippen LogP contribution is 2.29. The van der Waals surface area contributed by atoms with Crippen LogP contribution in [0.4, 0.5) is 5.69 Å². The van der Waals surface area contributed by atoms with Gasteiger partial charge in [-0.2, -0.15) is 0 Å². The number of para-hydroxylation sites is 3. The molecule has 0 atom stereocenters. The molecule has 1 fully saturated rings. The Bertz CT molecular complexity index is 965. The molecule has 156 valence electrons. The first-order valence-corrected chi connectivity index (χ1v) is 10.1. The number of nitrogens with one attached hydrogen (secondary N) is 1. The SMILES string of the molecule is Cc1cc(CN2CCN(CC(=O)Nc3ccccc3Oc3ccccc3)CC2)no1. The molecule has 1 aliphatic heterocycles. The molecular weight excluding hydrogens is 380 g/mol. The van der Waals surface area contributed by atoms with Crippen LogP contribution >= 0.6 is 0 Å². The van der Waals surface area contributed by atoms with Crippen molar-refractivity contribution >= 4 is 11.6 Å². The topological polar surface area (TPSA) is 70.8 Å². The van der Waals surface area contributed by atoms with Crippen LogP contribution in [0.25, 0.3) is 0 Å². The maximum absolute atomic E-state index is 12.6. The summed E-state index contributed by atoms with van der Waals surface area (Å²) in [5.74, 6) is 2.15. The van der Waals surface area contributed by atoms with Gasteiger partial charge in [0, 0.05) is 38.8 Å². The summed E-state index contributed by atoms with van der Waals surface area (Å²) in [4.78, 5) is 17.1. The van der Waals surface area contributed by atoms with Crippen molar-refractivity contribution in [2.24, 2.45) is 0 Å². The zero-order valence-electron chi connectivity index (χ0n) is 17.1. The van der Waals surface area contributed by atoms with Gasteiger partial charge in [-0.3, -0.25) is 14.6 Å². The third-order valence-electron chi connectivity index (χ3n) is 5.03. The maximum atomic E-state index is 12.6. The highest BCUT2D eigenvalue weighted by molar-refractivity contribution is 5.93. The molecule has 0 aliphatic carbocycles. The number of amides is 1. The van der Waals surface area contributed by atoms with E-state index >= 15 is 0 Å². The first-order chi connectivity index (χ1) is 14.7. The summed E-state index contributed by atoms with van der Waals surface area (Å²) in [5.41, 5.74) is 1.63. The molecule has 0 unspecified atom stereocenters. The Morgan fingerprint density at radius 2 is 1.73 bits per heavy atom. The van der Waals surface area contributed by atoms with Gasteiger partial charge in [-0.25, -0.2) is 0 Å². The number of ether oxygens (including phenoxy) is 1. The molecule has 4 rings (SSSR count). The molecule has 1 saturated heterocycles. The normalized spacial score (nSPS) is 15.1. The third-order valence-corrected chi connectivity index (χ3v) is 5.03. The van der Waals surface area contributed by atoms with Crippen LogP contribution in [-0.2, 0) is 11.3 Å². The van der Waals surface area contributed by atoms with Crippen LogP contribution in [-0.4, -0.2) is 53.6 Å². The van der Waals surface area contributed by atoms with Crippen LogP contribution in [0.3, 0.4) is 0 Å². The van der Waals surface area contributed by atoms with Gasteiger partial charge in [0.2, 0.25) is 5.91 Å². The second-order valence-electron chi connectivity index (χ2n) is 7.44. The monoisotopic (exact) mass is 406 g/mol. The first kappa shape index (κ1) is 20.1. The first-order valence-electron chi connectivity index (χ1n) is 10.1. The Balaban J connectivity index is 1.27. The van der Waals surface area contributed by atoms with Crippen molar-refractivity contribution in [2.45, 2.75) is 13.5 Å². The van der Waals surface area contributed by atoms with E-state index in [1.807, 2.05) is 67.6 Å². The van der Waals surface area contributed by atoms with E-state index in [1.54, 1.807) is 0 Å². The zero-order chi connectivity index (χ0) is 20.8. The molecule has 0 spiro atoms. The number of carbonyl (C=O) groups is 1. The fourth-order valence-corrected chi connectivity index (χ4v) is 3.49. The van der Waals surface area contributed by atoms with E-state index in [4.69, 9.17) is 9.26 Å². The van der Waals surface area contributed by atoms with E-state index in [-0.39, 0.29) is 5.91 Å². The second-order valence-corrected chi connectivity index (χ2v) is 7.44. The van der Waals surface area contributed by atoms with Crippen molar-refractivity contribution in [3.8, 4) is 11.5 Å². The Morgan fingerprint density at radius 1 is 1.03 bits per heavy atom. The molecule has 7 nitrogen and oxygen atoms in total. The van der Waals surface area contributed by atoms with Crippen molar-refractivity contribution in [3.05, 3.63) is 72.1 Å². The molecular formula is C23H26N4O3. The smallest absolute Gasteiger partial charge is 0.238 e. The largest absolute Gasteiger partial charge is 0.455 e. The Morgan fingerprint density at radius 3 is 2.47 bits per heavy atom. The molecule has 1 aliphatic rings. The molecule has 0 bridgehead atoms. The van der Waals surface area contributed by atoms with Crippen LogP contribution < -0.4 is 10.1 Å². The number of nitrogens with zero attached hydrogens (tertiary/aromatic N) is 3. The van der Waals surface area contributed by atoms with E-state index in [9.17, 15) is 4.79 Å². The van der Waals surface area contributed by atoms with E-state index in [2.05, 4.69) is 20.3 Å². The number of aryl methyl sites for hydroxylation is 1. The van der Waals surface area contributed by atoms with E-state index in [0.29, 0.717) is 18.0 Å². The van der Waals surface area contributed by atoms with Gasteiger partial charge < -0.3 is 14.6 Å². The summed E-state index contributed by atoms with van der Waals surface area (Å²) in [5, 5.41) is 7.05. The van der Waals surface area contributed by atoms with E-state index < -0.39 is 0 Å². The summed E-state index contributed by atoms with van der Waals surface area (Å²) in [6, 6.07) is 19.0. The number of hydrogen-bond acceptors (Lipinski definition) is 6. The zero-order valence-corrected chi connectivity index (χ0v) is 17.1. The van der Waals surface area contributed by atoms with Gasteiger partial charge >= 0.3 is 0 Å². The van der Waals surface area contributed by atoms with Crippen LogP contribution in [0.5, 0.6) is 11.5 Å². The molecule has 0 saturated carbocycles. The van der Waals surface area contributed by atoms with Gasteiger partial charge in [-0.1, -0.05) is 35.5 Å². The lowest BCUT2D eigenvalue weighted by molar-refractivity contribution is -0.117. The molecule has 0 radical (unpaired) electrons. The minimum Gasteiger partial charge on any atom is -0.455 e. The van der Waals surface area contributed by atoms with Crippen molar-refractivity contribution in [1.29, 1.82) is 0 Å². The summed E-state index contributed by atoms with van der Waals surface area (Å²) in [7, 11) is 0. The summed E-state index contributed by atoms with van der Waals surface area (Å²) < 4.78 is 11.1. The molecule has 1 amide bonds. The number of carbonyl (C=O) groups excluding carboxylic acids is 1. The van der Waals surface area contributed by atoms with Crippen LogP contribution in [0, 0.1) is 6.92 Å². The second kappa shape index (κ2) is 9.56. The van der Waals surface area contributed by atoms with Crippen molar-refractivity contribution < 1.29 is 14.1 Å². The minimum absolute atomic E-state index is 0.0420. The number of piperazine rings is 1. The number of anilines is 1. The average Bonchev–Trinajstić information content (AvgIpc) is 3.16. The lowest BCUT2D eigenvalue weighted by Gasteiger charge is -2.33. The van der Waals surface area contributed by atoms with Gasteiger partial charge in [0.25, 0.3) is 0 Å².